The highest BCUT2D eigenvalue weighted by atomic mass is 32.2. The molecule has 0 spiro atoms. The van der Waals surface area contributed by atoms with E-state index in [1.165, 1.54) is 6.42 Å². The molecule has 1 fully saturated rings. The van der Waals surface area contributed by atoms with Crippen molar-refractivity contribution in [2.45, 2.75) is 50.8 Å². The number of aliphatic hydroxyl groups excluding tert-OH is 1. The summed E-state index contributed by atoms with van der Waals surface area (Å²) in [5, 5.41) is 15.6. The Balaban J connectivity index is 1.62. The highest BCUT2D eigenvalue weighted by Gasteiger charge is 2.25. The van der Waals surface area contributed by atoms with Gasteiger partial charge in [0, 0.05) is 41.9 Å². The number of thiazole rings is 1. The Morgan fingerprint density at radius 3 is 3.05 bits per heavy atom. The molecule has 2 atom stereocenters. The van der Waals surface area contributed by atoms with Crippen molar-refractivity contribution in [3.8, 4) is 0 Å². The highest BCUT2D eigenvalue weighted by molar-refractivity contribution is 7.98. The van der Waals surface area contributed by atoms with Crippen LogP contribution in [0.4, 0.5) is 0 Å². The minimum Gasteiger partial charge on any atom is -0.396 e. The summed E-state index contributed by atoms with van der Waals surface area (Å²) in [4.78, 5) is 16.4. The fourth-order valence-electron chi connectivity index (χ4n) is 2.71. The number of hydrogen-bond acceptors (Lipinski definition) is 5. The predicted octanol–water partition coefficient (Wildman–Crippen LogP) is 2.74. The smallest absolute Gasteiger partial charge is 0.221 e. The van der Waals surface area contributed by atoms with E-state index in [0.29, 0.717) is 6.42 Å². The number of amides is 1. The molecule has 0 bridgehead atoms. The van der Waals surface area contributed by atoms with Crippen LogP contribution < -0.4 is 5.32 Å². The van der Waals surface area contributed by atoms with Gasteiger partial charge in [-0.15, -0.1) is 11.3 Å². The maximum Gasteiger partial charge on any atom is 0.221 e. The van der Waals surface area contributed by atoms with Gasteiger partial charge in [-0.3, -0.25) is 4.79 Å². The number of carbonyl (C=O) groups is 1. The predicted molar refractivity (Wildman–Crippen MR) is 88.6 cm³/mol. The molecule has 6 heteroatoms. The first-order chi connectivity index (χ1) is 10.2. The number of thioether (sulfide) groups is 1. The molecule has 2 rings (SSSR count). The van der Waals surface area contributed by atoms with Crippen LogP contribution in [-0.4, -0.2) is 34.4 Å². The largest absolute Gasteiger partial charge is 0.396 e. The van der Waals surface area contributed by atoms with Gasteiger partial charge in [0.25, 0.3) is 0 Å². The van der Waals surface area contributed by atoms with Crippen LogP contribution in [0.25, 0.3) is 0 Å². The summed E-state index contributed by atoms with van der Waals surface area (Å²) in [5.74, 6) is 2.05. The average Bonchev–Trinajstić information content (AvgIpc) is 2.90. The van der Waals surface area contributed by atoms with E-state index in [-0.39, 0.29) is 24.5 Å². The molecule has 1 aromatic heterocycles. The Morgan fingerprint density at radius 2 is 2.33 bits per heavy atom. The molecule has 1 amide bonds. The molecule has 0 aliphatic heterocycles. The SMILES string of the molecule is Cc1nc(CSCCC(=O)NC2CCCCC2CO)cs1. The lowest BCUT2D eigenvalue weighted by molar-refractivity contribution is -0.122. The molecule has 0 radical (unpaired) electrons. The molecule has 4 nitrogen and oxygen atoms in total. The van der Waals surface area contributed by atoms with Gasteiger partial charge in [-0.05, 0) is 19.8 Å². The number of aromatic nitrogens is 1. The zero-order chi connectivity index (χ0) is 15.1. The summed E-state index contributed by atoms with van der Waals surface area (Å²) in [6, 6.07) is 0.169. The number of aliphatic hydroxyl groups is 1. The van der Waals surface area contributed by atoms with Gasteiger partial charge < -0.3 is 10.4 Å². The number of nitrogens with one attached hydrogen (secondary N) is 1. The summed E-state index contributed by atoms with van der Waals surface area (Å²) in [5.41, 5.74) is 1.11. The van der Waals surface area contributed by atoms with E-state index < -0.39 is 0 Å². The van der Waals surface area contributed by atoms with Crippen molar-refractivity contribution in [3.05, 3.63) is 16.1 Å². The van der Waals surface area contributed by atoms with Crippen LogP contribution >= 0.6 is 23.1 Å². The number of rotatable bonds is 7. The topological polar surface area (TPSA) is 62.2 Å². The van der Waals surface area contributed by atoms with Crippen molar-refractivity contribution in [2.24, 2.45) is 5.92 Å². The standard InChI is InChI=1S/C15H24N2O2S2/c1-11-16-13(10-21-11)9-20-7-6-15(19)17-14-5-3-2-4-12(14)8-18/h10,12,14,18H,2-9H2,1H3,(H,17,19). The second kappa shape index (κ2) is 8.76. The minimum absolute atomic E-state index is 0.113. The molecule has 1 aromatic rings. The maximum atomic E-state index is 12.0. The summed E-state index contributed by atoms with van der Waals surface area (Å²) >= 11 is 3.42. The van der Waals surface area contributed by atoms with E-state index in [2.05, 4.69) is 15.7 Å². The lowest BCUT2D eigenvalue weighted by Crippen LogP contribution is -2.43. The molecule has 1 saturated carbocycles. The van der Waals surface area contributed by atoms with Crippen molar-refractivity contribution in [1.29, 1.82) is 0 Å². The highest BCUT2D eigenvalue weighted by Crippen LogP contribution is 2.24. The third-order valence-electron chi connectivity index (χ3n) is 3.88. The van der Waals surface area contributed by atoms with Gasteiger partial charge in [0.05, 0.1) is 10.7 Å². The van der Waals surface area contributed by atoms with Crippen LogP contribution in [0.5, 0.6) is 0 Å². The van der Waals surface area contributed by atoms with Crippen LogP contribution in [0.1, 0.15) is 42.8 Å². The van der Waals surface area contributed by atoms with E-state index in [1.807, 2.05) is 6.92 Å². The van der Waals surface area contributed by atoms with Crippen LogP contribution in [0, 0.1) is 12.8 Å². The molecule has 21 heavy (non-hydrogen) atoms. The Labute approximate surface area is 134 Å². The Morgan fingerprint density at radius 1 is 1.52 bits per heavy atom. The van der Waals surface area contributed by atoms with Gasteiger partial charge in [-0.1, -0.05) is 12.8 Å². The van der Waals surface area contributed by atoms with E-state index in [9.17, 15) is 9.90 Å². The molecule has 1 aliphatic rings. The first-order valence-electron chi connectivity index (χ1n) is 7.58. The molecule has 118 valence electrons. The van der Waals surface area contributed by atoms with E-state index in [4.69, 9.17) is 0 Å². The van der Waals surface area contributed by atoms with Gasteiger partial charge in [0.15, 0.2) is 0 Å². The van der Waals surface area contributed by atoms with E-state index >= 15 is 0 Å². The third-order valence-corrected chi connectivity index (χ3v) is 5.69. The second-order valence-electron chi connectivity index (χ2n) is 5.56. The molecule has 0 aromatic carbocycles. The second-order valence-corrected chi connectivity index (χ2v) is 7.73. The summed E-state index contributed by atoms with van der Waals surface area (Å²) in [7, 11) is 0. The van der Waals surface area contributed by atoms with Crippen molar-refractivity contribution in [2.75, 3.05) is 12.4 Å². The number of hydrogen-bond donors (Lipinski definition) is 2. The lowest BCUT2D eigenvalue weighted by atomic mass is 9.85. The fraction of sp³-hybridized carbons (Fsp3) is 0.733. The maximum absolute atomic E-state index is 12.0. The van der Waals surface area contributed by atoms with Gasteiger partial charge in [-0.25, -0.2) is 4.98 Å². The average molecular weight is 329 g/mol. The van der Waals surface area contributed by atoms with Crippen LogP contribution in [0.3, 0.4) is 0 Å². The number of carbonyl (C=O) groups excluding carboxylic acids is 1. The molecular weight excluding hydrogens is 304 g/mol. The van der Waals surface area contributed by atoms with Crippen molar-refractivity contribution < 1.29 is 9.90 Å². The van der Waals surface area contributed by atoms with Gasteiger partial charge in [-0.2, -0.15) is 11.8 Å². The third kappa shape index (κ3) is 5.60. The summed E-state index contributed by atoms with van der Waals surface area (Å²) in [6.45, 7) is 2.19. The van der Waals surface area contributed by atoms with Crippen LogP contribution in [0.15, 0.2) is 5.38 Å². The number of aryl methyl sites for hydroxylation is 1. The molecule has 1 aliphatic carbocycles. The first kappa shape index (κ1) is 16.8. The van der Waals surface area contributed by atoms with Gasteiger partial charge in [0.2, 0.25) is 5.91 Å². The Bertz CT molecular complexity index is 451. The Hall–Kier alpha value is -0.590. The quantitative estimate of drug-likeness (QED) is 0.756. The van der Waals surface area contributed by atoms with Crippen molar-refractivity contribution in [3.63, 3.8) is 0 Å². The number of nitrogens with zero attached hydrogens (tertiary/aromatic N) is 1. The summed E-state index contributed by atoms with van der Waals surface area (Å²) in [6.07, 6.45) is 4.89. The first-order valence-corrected chi connectivity index (χ1v) is 9.61. The van der Waals surface area contributed by atoms with Crippen molar-refractivity contribution >= 4 is 29.0 Å². The zero-order valence-electron chi connectivity index (χ0n) is 12.5. The molecule has 0 saturated heterocycles. The minimum atomic E-state index is 0.113. The normalized spacial score (nSPS) is 22.2. The molecular formula is C15H24N2O2S2. The van der Waals surface area contributed by atoms with E-state index in [1.54, 1.807) is 23.1 Å². The van der Waals surface area contributed by atoms with Gasteiger partial charge in [0.1, 0.15) is 0 Å². The zero-order valence-corrected chi connectivity index (χ0v) is 14.1. The fourth-order valence-corrected chi connectivity index (χ4v) is 4.26. The molecule has 2 unspecified atom stereocenters. The van der Waals surface area contributed by atoms with Crippen LogP contribution in [0.2, 0.25) is 0 Å². The molecule has 1 heterocycles. The summed E-state index contributed by atoms with van der Waals surface area (Å²) < 4.78 is 0. The van der Waals surface area contributed by atoms with Gasteiger partial charge >= 0.3 is 0 Å². The molecule has 2 N–H and O–H groups in total. The monoisotopic (exact) mass is 328 g/mol. The van der Waals surface area contributed by atoms with Crippen LogP contribution in [-0.2, 0) is 10.5 Å². The van der Waals surface area contributed by atoms with Crippen molar-refractivity contribution in [1.82, 2.24) is 10.3 Å². The Kier molecular flexibility index (Phi) is 6.99. The lowest BCUT2D eigenvalue weighted by Gasteiger charge is -2.30. The van der Waals surface area contributed by atoms with E-state index in [0.717, 1.165) is 41.5 Å².